The van der Waals surface area contributed by atoms with E-state index < -0.39 is 0 Å². The highest BCUT2D eigenvalue weighted by Gasteiger charge is 2.38. The van der Waals surface area contributed by atoms with E-state index in [9.17, 15) is 0 Å². The molecule has 0 aliphatic heterocycles. The number of hydrogen-bond acceptors (Lipinski definition) is 3. The summed E-state index contributed by atoms with van der Waals surface area (Å²) >= 11 is 0. The number of aromatic nitrogens is 1. The molecule has 0 atom stereocenters. The first-order valence-corrected chi connectivity index (χ1v) is 18.1. The number of benzene rings is 5. The Bertz CT molecular complexity index is 2530. The van der Waals surface area contributed by atoms with Gasteiger partial charge in [-0.15, -0.1) is 0 Å². The van der Waals surface area contributed by atoms with Gasteiger partial charge in [0.15, 0.2) is 5.42 Å². The van der Waals surface area contributed by atoms with E-state index in [-0.39, 0.29) is 10.8 Å². The Morgan fingerprint density at radius 1 is 0.692 bits per heavy atom. The van der Waals surface area contributed by atoms with Crippen LogP contribution in [0.25, 0.3) is 51.9 Å². The van der Waals surface area contributed by atoms with Crippen LogP contribution in [0.15, 0.2) is 156 Å². The first kappa shape index (κ1) is 33.2. The molecule has 52 heavy (non-hydrogen) atoms. The van der Waals surface area contributed by atoms with Gasteiger partial charge in [0.05, 0.1) is 0 Å². The number of hydrogen-bond donors (Lipinski definition) is 0. The van der Waals surface area contributed by atoms with E-state index in [1.165, 1.54) is 50.1 Å². The lowest BCUT2D eigenvalue weighted by Crippen LogP contribution is -2.27. The molecule has 8 rings (SSSR count). The number of allylic oxidation sites excluding steroid dienone is 4. The van der Waals surface area contributed by atoms with Gasteiger partial charge in [-0.05, 0) is 86.8 Å². The summed E-state index contributed by atoms with van der Waals surface area (Å²) in [7, 11) is 0. The summed E-state index contributed by atoms with van der Waals surface area (Å²) < 4.78 is 6.40. The molecule has 3 heteroatoms. The number of nitrogens with zero attached hydrogens (tertiary/aromatic N) is 2. The summed E-state index contributed by atoms with van der Waals surface area (Å²) in [5.74, 6) is 0.539. The van der Waals surface area contributed by atoms with Crippen LogP contribution in [-0.2, 0) is 10.8 Å². The van der Waals surface area contributed by atoms with Crippen molar-refractivity contribution in [1.29, 1.82) is 0 Å². The minimum Gasteiger partial charge on any atom is -0.436 e. The average molecular weight is 677 g/mol. The fourth-order valence-electron chi connectivity index (χ4n) is 8.26. The van der Waals surface area contributed by atoms with Crippen LogP contribution < -0.4 is 15.7 Å². The zero-order valence-electron chi connectivity index (χ0n) is 30.7. The summed E-state index contributed by atoms with van der Waals surface area (Å²) in [4.78, 5) is 7.03. The lowest BCUT2D eigenvalue weighted by Gasteiger charge is -2.28. The van der Waals surface area contributed by atoms with E-state index in [0.29, 0.717) is 23.2 Å². The molecule has 0 amide bonds. The van der Waals surface area contributed by atoms with Crippen LogP contribution in [0.4, 0.5) is 5.69 Å². The van der Waals surface area contributed by atoms with Gasteiger partial charge in [-0.25, -0.2) is 4.98 Å². The molecule has 0 saturated heterocycles. The normalized spacial score (nSPS) is 16.9. The fraction of sp³-hybridized carbons (Fsp3) is 0.163. The molecule has 1 aromatic heterocycles. The lowest BCUT2D eigenvalue weighted by molar-refractivity contribution is 0.540. The number of rotatable bonds is 7. The van der Waals surface area contributed by atoms with Crippen LogP contribution >= 0.6 is 0 Å². The summed E-state index contributed by atoms with van der Waals surface area (Å²) in [6, 6.07) is 43.1. The highest BCUT2D eigenvalue weighted by atomic mass is 16.3. The van der Waals surface area contributed by atoms with Crippen molar-refractivity contribution in [2.75, 3.05) is 11.4 Å². The summed E-state index contributed by atoms with van der Waals surface area (Å²) in [6.07, 6.45) is 6.61. The molecule has 0 spiro atoms. The summed E-state index contributed by atoms with van der Waals surface area (Å²) in [5.41, 5.74) is 16.0. The van der Waals surface area contributed by atoms with Crippen LogP contribution in [0.3, 0.4) is 0 Å². The molecule has 2 aliphatic rings. The van der Waals surface area contributed by atoms with E-state index in [1.54, 1.807) is 0 Å². The second-order valence-corrected chi connectivity index (χ2v) is 14.9. The third-order valence-electron chi connectivity index (χ3n) is 11.1. The predicted molar refractivity (Wildman–Crippen MR) is 218 cm³/mol. The van der Waals surface area contributed by atoms with Crippen molar-refractivity contribution in [3.63, 3.8) is 0 Å². The van der Waals surface area contributed by atoms with Crippen molar-refractivity contribution in [3.8, 4) is 33.7 Å². The van der Waals surface area contributed by atoms with Gasteiger partial charge in [0, 0.05) is 40.4 Å². The minimum absolute atomic E-state index is 0.124. The smallest absolute Gasteiger partial charge is 0.227 e. The fourth-order valence-corrected chi connectivity index (χ4v) is 8.26. The highest BCUT2D eigenvalue weighted by Crippen LogP contribution is 2.51. The standard InChI is InChI=1S/C49H44N2O/c1-8-38-39-18-12-14-20-42(39)48(4,5)44(38)28-29-51(37-26-27-41-40-19-13-15-21-43(40)49(6,7)45(41)31-37)32(2)30-46-33(3)50-47(52-46)36-24-22-35(23-25-36)34-16-10-9-11-17-34/h8-28,30-31H,2-3,29H2,1,4-7H3/b38-8-,44-28?,46-30+. The van der Waals surface area contributed by atoms with Crippen LogP contribution in [0, 0.1) is 0 Å². The molecule has 2 aliphatic carbocycles. The molecule has 3 nitrogen and oxygen atoms in total. The van der Waals surface area contributed by atoms with Crippen molar-refractivity contribution in [2.24, 2.45) is 0 Å². The summed E-state index contributed by atoms with van der Waals surface area (Å²) in [6.45, 7) is 21.0. The Labute approximate surface area is 307 Å². The van der Waals surface area contributed by atoms with Gasteiger partial charge < -0.3 is 9.32 Å². The maximum absolute atomic E-state index is 6.40. The van der Waals surface area contributed by atoms with Gasteiger partial charge in [0.25, 0.3) is 0 Å². The van der Waals surface area contributed by atoms with Gasteiger partial charge in [-0.3, -0.25) is 0 Å². The zero-order chi connectivity index (χ0) is 36.2. The molecule has 0 radical (unpaired) electrons. The van der Waals surface area contributed by atoms with Crippen molar-refractivity contribution in [2.45, 2.75) is 45.4 Å². The predicted octanol–water partition coefficient (Wildman–Crippen LogP) is 10.8. The van der Waals surface area contributed by atoms with Gasteiger partial charge >= 0.3 is 0 Å². The topological polar surface area (TPSA) is 29.3 Å². The van der Waals surface area contributed by atoms with Crippen molar-refractivity contribution in [3.05, 3.63) is 184 Å². The quantitative estimate of drug-likeness (QED) is 0.169. The van der Waals surface area contributed by atoms with Crippen LogP contribution in [-0.4, -0.2) is 11.5 Å². The first-order chi connectivity index (χ1) is 25.1. The highest BCUT2D eigenvalue weighted by molar-refractivity contribution is 5.90. The largest absolute Gasteiger partial charge is 0.436 e. The maximum Gasteiger partial charge on any atom is 0.227 e. The van der Waals surface area contributed by atoms with Crippen molar-refractivity contribution < 1.29 is 4.42 Å². The second-order valence-electron chi connectivity index (χ2n) is 14.9. The molecule has 0 bridgehead atoms. The van der Waals surface area contributed by atoms with E-state index in [0.717, 1.165) is 22.5 Å². The molecular formula is C49H44N2O. The number of fused-ring (bicyclic) bond motifs is 4. The van der Waals surface area contributed by atoms with Gasteiger partial charge in [-0.1, -0.05) is 150 Å². The van der Waals surface area contributed by atoms with Crippen molar-refractivity contribution in [1.82, 2.24) is 4.98 Å². The lowest BCUT2D eigenvalue weighted by atomic mass is 9.82. The third-order valence-corrected chi connectivity index (χ3v) is 11.1. The van der Waals surface area contributed by atoms with E-state index in [2.05, 4.69) is 180 Å². The average Bonchev–Trinajstić information content (AvgIpc) is 3.72. The summed E-state index contributed by atoms with van der Waals surface area (Å²) in [5, 5.41) is 0.579. The molecule has 6 aromatic rings. The SMILES string of the molecule is C=C(/C=c1/oc(-c2ccc(-c3ccccc3)cc2)nc1=C)N(CC=C1/C(=C\C)c2ccccc2C1(C)C)c1ccc2c(c1)C(C)(C)c1ccccc1-2. The number of anilines is 1. The molecule has 0 fully saturated rings. The Morgan fingerprint density at radius 2 is 1.29 bits per heavy atom. The van der Waals surface area contributed by atoms with Crippen LogP contribution in [0.1, 0.15) is 56.9 Å². The molecule has 256 valence electrons. The Kier molecular flexibility index (Phi) is 8.11. The monoisotopic (exact) mass is 676 g/mol. The zero-order valence-corrected chi connectivity index (χ0v) is 30.7. The minimum atomic E-state index is -0.132. The van der Waals surface area contributed by atoms with E-state index in [4.69, 9.17) is 9.40 Å². The second kappa shape index (κ2) is 12.7. The molecule has 0 unspecified atom stereocenters. The molecular weight excluding hydrogens is 633 g/mol. The van der Waals surface area contributed by atoms with Crippen LogP contribution in [0.2, 0.25) is 0 Å². The van der Waals surface area contributed by atoms with Crippen molar-refractivity contribution >= 4 is 23.9 Å². The molecule has 0 saturated carbocycles. The van der Waals surface area contributed by atoms with Gasteiger partial charge in [-0.2, -0.15) is 0 Å². The molecule has 5 aromatic carbocycles. The van der Waals surface area contributed by atoms with Crippen LogP contribution in [0.5, 0.6) is 0 Å². The first-order valence-electron chi connectivity index (χ1n) is 18.1. The van der Waals surface area contributed by atoms with E-state index >= 15 is 0 Å². The van der Waals surface area contributed by atoms with Gasteiger partial charge in [0.2, 0.25) is 5.89 Å². The Hall–Kier alpha value is -5.93. The molecule has 0 N–H and O–H groups in total. The van der Waals surface area contributed by atoms with Gasteiger partial charge in [0.1, 0.15) is 5.35 Å². The Morgan fingerprint density at radius 3 is 2.00 bits per heavy atom. The number of oxazole rings is 1. The Balaban J connectivity index is 1.19. The molecule has 1 heterocycles. The maximum atomic E-state index is 6.40. The third kappa shape index (κ3) is 5.49. The van der Waals surface area contributed by atoms with E-state index in [1.807, 2.05) is 12.1 Å².